The highest BCUT2D eigenvalue weighted by molar-refractivity contribution is 6.55. The van der Waals surface area contributed by atoms with Crippen LogP contribution in [0.5, 0.6) is 0 Å². The van der Waals surface area contributed by atoms with Gasteiger partial charge in [0, 0.05) is 0 Å². The molecular weight excluding hydrogens is 156 g/mol. The van der Waals surface area contributed by atoms with Crippen LogP contribution >= 0.6 is 0 Å². The molecule has 11 heavy (non-hydrogen) atoms. The predicted molar refractivity (Wildman–Crippen MR) is 49.3 cm³/mol. The molecule has 0 saturated heterocycles. The lowest BCUT2D eigenvalue weighted by molar-refractivity contribution is -0.146. The Morgan fingerprint density at radius 1 is 1.55 bits per heavy atom. The summed E-state index contributed by atoms with van der Waals surface area (Å²) in [5.41, 5.74) is 0. The summed E-state index contributed by atoms with van der Waals surface area (Å²) >= 11 is 0. The first kappa shape index (κ1) is 10.7. The summed E-state index contributed by atoms with van der Waals surface area (Å²) in [6, 6.07) is 0. The van der Waals surface area contributed by atoms with Crippen LogP contribution in [0.4, 0.5) is 0 Å². The summed E-state index contributed by atoms with van der Waals surface area (Å²) in [6.07, 6.45) is 1.56. The third-order valence-corrected chi connectivity index (χ3v) is 2.41. The zero-order chi connectivity index (χ0) is 8.85. The third kappa shape index (κ3) is 5.01. The van der Waals surface area contributed by atoms with Crippen molar-refractivity contribution in [1.82, 2.24) is 0 Å². The van der Waals surface area contributed by atoms with E-state index >= 15 is 0 Å². The van der Waals surface area contributed by atoms with E-state index in [9.17, 15) is 4.79 Å². The Morgan fingerprint density at radius 2 is 2.09 bits per heavy atom. The Hall–Kier alpha value is -0.313. The van der Waals surface area contributed by atoms with E-state index in [1.165, 1.54) is 0 Å². The second-order valence-corrected chi connectivity index (χ2v) is 6.45. The number of hydrogen-bond donors (Lipinski definition) is 0. The molecule has 0 N–H and O–H groups in total. The van der Waals surface area contributed by atoms with Crippen molar-refractivity contribution < 1.29 is 9.53 Å². The van der Waals surface area contributed by atoms with Gasteiger partial charge in [-0.3, -0.25) is 4.79 Å². The molecule has 0 radical (unpaired) electrons. The first-order chi connectivity index (χ1) is 5.07. The van der Waals surface area contributed by atoms with Gasteiger partial charge < -0.3 is 4.74 Å². The average molecular weight is 174 g/mol. The van der Waals surface area contributed by atoms with E-state index < -0.39 is 8.80 Å². The zero-order valence-electron chi connectivity index (χ0n) is 7.89. The summed E-state index contributed by atoms with van der Waals surface area (Å²) in [5, 5.41) is 0. The summed E-state index contributed by atoms with van der Waals surface area (Å²) in [6.45, 7) is 8.25. The van der Waals surface area contributed by atoms with E-state index in [4.69, 9.17) is 4.74 Å². The van der Waals surface area contributed by atoms with E-state index in [1.807, 2.05) is 13.8 Å². The van der Waals surface area contributed by atoms with Gasteiger partial charge in [0.25, 0.3) is 0 Å². The summed E-state index contributed by atoms with van der Waals surface area (Å²) in [5.74, 6) is 0.0384. The zero-order valence-corrected chi connectivity index (χ0v) is 9.04. The van der Waals surface area contributed by atoms with Crippen molar-refractivity contribution in [2.24, 2.45) is 5.92 Å². The number of hydrogen-bond acceptors (Lipinski definition) is 2. The molecular formula is C8H18O2Si. The molecule has 66 valence electrons. The molecule has 0 aromatic rings. The van der Waals surface area contributed by atoms with Gasteiger partial charge in [-0.1, -0.05) is 26.9 Å². The quantitative estimate of drug-likeness (QED) is 0.478. The van der Waals surface area contributed by atoms with Gasteiger partial charge in [-0.15, -0.1) is 0 Å². The van der Waals surface area contributed by atoms with Crippen molar-refractivity contribution in [3.63, 3.8) is 0 Å². The number of carbonyl (C=O) groups excluding carboxylic acids is 1. The van der Waals surface area contributed by atoms with E-state index in [-0.39, 0.29) is 11.9 Å². The van der Waals surface area contributed by atoms with E-state index in [0.717, 1.165) is 6.42 Å². The largest absolute Gasteiger partial charge is 0.470 e. The Kier molecular flexibility index (Phi) is 5.20. The van der Waals surface area contributed by atoms with Gasteiger partial charge in [0.2, 0.25) is 0 Å². The molecule has 0 heterocycles. The van der Waals surface area contributed by atoms with Crippen molar-refractivity contribution in [2.45, 2.75) is 33.4 Å². The molecule has 0 bridgehead atoms. The molecule has 0 spiro atoms. The monoisotopic (exact) mass is 174 g/mol. The molecule has 0 aromatic carbocycles. The van der Waals surface area contributed by atoms with Crippen molar-refractivity contribution in [3.05, 3.63) is 0 Å². The molecule has 1 unspecified atom stereocenters. The maximum absolute atomic E-state index is 11.1. The molecule has 0 rings (SSSR count). The summed E-state index contributed by atoms with van der Waals surface area (Å²) in [4.78, 5) is 11.1. The highest BCUT2D eigenvalue weighted by atomic mass is 28.3. The van der Waals surface area contributed by atoms with E-state index in [2.05, 4.69) is 13.1 Å². The fourth-order valence-corrected chi connectivity index (χ4v) is 1.06. The second-order valence-electron chi connectivity index (χ2n) is 3.33. The predicted octanol–water partition coefficient (Wildman–Crippen LogP) is 1.60. The molecule has 0 aliphatic carbocycles. The molecule has 2 nitrogen and oxygen atoms in total. The van der Waals surface area contributed by atoms with E-state index in [0.29, 0.717) is 6.23 Å². The van der Waals surface area contributed by atoms with Crippen LogP contribution in [0.15, 0.2) is 0 Å². The standard InChI is InChI=1S/C8H18O2Si/c1-5-7(2)8(9)10-6-11(3)4/h7,11H,5-6H2,1-4H3. The number of rotatable bonds is 4. The third-order valence-electron chi connectivity index (χ3n) is 1.57. The van der Waals surface area contributed by atoms with Crippen molar-refractivity contribution in [1.29, 1.82) is 0 Å². The molecule has 0 aliphatic rings. The first-order valence-corrected chi connectivity index (χ1v) is 7.37. The smallest absolute Gasteiger partial charge is 0.308 e. The maximum atomic E-state index is 11.1. The van der Waals surface area contributed by atoms with Crippen molar-refractivity contribution in [3.8, 4) is 0 Å². The van der Waals surface area contributed by atoms with Crippen LogP contribution in [0.25, 0.3) is 0 Å². The molecule has 3 heteroatoms. The molecule has 0 amide bonds. The van der Waals surface area contributed by atoms with Gasteiger partial charge in [0.05, 0.1) is 20.9 Å². The Morgan fingerprint density at radius 3 is 2.45 bits per heavy atom. The maximum Gasteiger partial charge on any atom is 0.308 e. The van der Waals surface area contributed by atoms with Gasteiger partial charge in [0.1, 0.15) is 0 Å². The van der Waals surface area contributed by atoms with Gasteiger partial charge in [-0.05, 0) is 6.42 Å². The van der Waals surface area contributed by atoms with Gasteiger partial charge in [-0.25, -0.2) is 0 Å². The van der Waals surface area contributed by atoms with Gasteiger partial charge in [0.15, 0.2) is 0 Å². The minimum atomic E-state index is -0.722. The SMILES string of the molecule is CCC(C)C(=O)OC[SiH](C)C. The lowest BCUT2D eigenvalue weighted by Gasteiger charge is -2.09. The minimum absolute atomic E-state index is 0.0336. The van der Waals surface area contributed by atoms with Crippen LogP contribution in [-0.4, -0.2) is 21.0 Å². The van der Waals surface area contributed by atoms with Gasteiger partial charge >= 0.3 is 5.97 Å². The normalized spacial score (nSPS) is 13.2. The van der Waals surface area contributed by atoms with Crippen molar-refractivity contribution in [2.75, 3.05) is 6.23 Å². The molecule has 0 saturated carbocycles. The lowest BCUT2D eigenvalue weighted by atomic mass is 10.1. The van der Waals surface area contributed by atoms with Crippen molar-refractivity contribution >= 4 is 14.8 Å². The van der Waals surface area contributed by atoms with Gasteiger partial charge in [-0.2, -0.15) is 0 Å². The minimum Gasteiger partial charge on any atom is -0.470 e. The Bertz CT molecular complexity index is 123. The highest BCUT2D eigenvalue weighted by Gasteiger charge is 2.11. The number of carbonyl (C=O) groups is 1. The molecule has 0 fully saturated rings. The fraction of sp³-hybridized carbons (Fsp3) is 0.875. The van der Waals surface area contributed by atoms with Crippen LogP contribution in [0.1, 0.15) is 20.3 Å². The second kappa shape index (κ2) is 5.35. The average Bonchev–Trinajstić information content (AvgIpc) is 1.98. The molecule has 0 aromatic heterocycles. The Labute approximate surface area is 70.5 Å². The highest BCUT2D eigenvalue weighted by Crippen LogP contribution is 2.02. The van der Waals surface area contributed by atoms with E-state index in [1.54, 1.807) is 0 Å². The topological polar surface area (TPSA) is 26.3 Å². The first-order valence-electron chi connectivity index (χ1n) is 4.24. The number of esters is 1. The summed E-state index contributed by atoms with van der Waals surface area (Å²) in [7, 11) is -0.722. The van der Waals surface area contributed by atoms with Crippen LogP contribution in [0.2, 0.25) is 13.1 Å². The van der Waals surface area contributed by atoms with Crippen LogP contribution in [0, 0.1) is 5.92 Å². The van der Waals surface area contributed by atoms with Crippen LogP contribution in [0.3, 0.4) is 0 Å². The van der Waals surface area contributed by atoms with Crippen LogP contribution in [-0.2, 0) is 9.53 Å². The summed E-state index contributed by atoms with van der Waals surface area (Å²) < 4.78 is 5.08. The number of ether oxygens (including phenoxy) is 1. The molecule has 1 atom stereocenters. The molecule has 0 aliphatic heterocycles. The van der Waals surface area contributed by atoms with Crippen LogP contribution < -0.4 is 0 Å². The Balaban J connectivity index is 3.52. The fourth-order valence-electron chi connectivity index (χ4n) is 0.558. The lowest BCUT2D eigenvalue weighted by Crippen LogP contribution is -2.20.